The van der Waals surface area contributed by atoms with Crippen molar-refractivity contribution < 1.29 is 19.0 Å². The van der Waals surface area contributed by atoms with Crippen molar-refractivity contribution in [1.82, 2.24) is 9.97 Å². The average molecular weight is 303 g/mol. The number of aryl methyl sites for hydroxylation is 1. The number of nitrogens with one attached hydrogen (secondary N) is 1. The molecule has 1 N–H and O–H groups in total. The molecule has 1 heterocycles. The number of amides is 1. The highest BCUT2D eigenvalue weighted by Crippen LogP contribution is 2.29. The second-order valence-electron chi connectivity index (χ2n) is 4.39. The zero-order valence-electron chi connectivity index (χ0n) is 12.6. The third-order valence-corrected chi connectivity index (χ3v) is 2.77. The van der Waals surface area contributed by atoms with Gasteiger partial charge in [-0.1, -0.05) is 0 Å². The molecule has 0 fully saturated rings. The van der Waals surface area contributed by atoms with Gasteiger partial charge in [-0.3, -0.25) is 4.79 Å². The molecule has 1 aromatic heterocycles. The lowest BCUT2D eigenvalue weighted by atomic mass is 10.2. The van der Waals surface area contributed by atoms with E-state index in [1.807, 2.05) is 6.92 Å². The monoisotopic (exact) mass is 303 g/mol. The zero-order chi connectivity index (χ0) is 15.9. The number of hydrogen-bond donors (Lipinski definition) is 1. The number of hydrogen-bond acceptors (Lipinski definition) is 6. The predicted molar refractivity (Wildman–Crippen MR) is 80.4 cm³/mol. The Morgan fingerprint density at radius 3 is 2.64 bits per heavy atom. The van der Waals surface area contributed by atoms with Crippen molar-refractivity contribution in [2.24, 2.45) is 0 Å². The van der Waals surface area contributed by atoms with Gasteiger partial charge in [-0.25, -0.2) is 9.97 Å². The summed E-state index contributed by atoms with van der Waals surface area (Å²) in [6.07, 6.45) is 1.57. The summed E-state index contributed by atoms with van der Waals surface area (Å²) in [7, 11) is 3.08. The minimum atomic E-state index is -0.322. The van der Waals surface area contributed by atoms with E-state index >= 15 is 0 Å². The Kier molecular flexibility index (Phi) is 5.13. The third-order valence-electron chi connectivity index (χ3n) is 2.77. The van der Waals surface area contributed by atoms with Crippen molar-refractivity contribution in [3.05, 3.63) is 36.2 Å². The maximum Gasteiger partial charge on any atom is 0.317 e. The van der Waals surface area contributed by atoms with Gasteiger partial charge in [0, 0.05) is 23.6 Å². The largest absolute Gasteiger partial charge is 0.493 e. The Bertz CT molecular complexity index is 661. The molecule has 0 spiro atoms. The summed E-state index contributed by atoms with van der Waals surface area (Å²) >= 11 is 0. The van der Waals surface area contributed by atoms with Gasteiger partial charge < -0.3 is 19.5 Å². The van der Waals surface area contributed by atoms with Crippen LogP contribution in [0.15, 0.2) is 30.5 Å². The van der Waals surface area contributed by atoms with Crippen molar-refractivity contribution in [3.63, 3.8) is 0 Å². The minimum Gasteiger partial charge on any atom is -0.493 e. The highest BCUT2D eigenvalue weighted by atomic mass is 16.5. The lowest BCUT2D eigenvalue weighted by molar-refractivity contribution is -0.118. The number of methoxy groups -OCH3 is 2. The standard InChI is InChI=1S/C15H17N3O4/c1-10-6-7-16-15(17-10)22-9-14(19)18-11-4-5-12(20-2)13(8-11)21-3/h4-8H,9H2,1-3H3,(H,18,19). The molecule has 0 aliphatic rings. The van der Waals surface area contributed by atoms with Crippen LogP contribution in [0.25, 0.3) is 0 Å². The number of benzene rings is 1. The lowest BCUT2D eigenvalue weighted by Crippen LogP contribution is -2.20. The van der Waals surface area contributed by atoms with Crippen molar-refractivity contribution in [1.29, 1.82) is 0 Å². The molecule has 0 aliphatic heterocycles. The minimum absolute atomic E-state index is 0.169. The van der Waals surface area contributed by atoms with E-state index in [1.54, 1.807) is 37.6 Å². The maximum absolute atomic E-state index is 11.9. The number of ether oxygens (including phenoxy) is 3. The summed E-state index contributed by atoms with van der Waals surface area (Å²) in [5.41, 5.74) is 1.35. The molecule has 0 unspecified atom stereocenters. The summed E-state index contributed by atoms with van der Waals surface area (Å²) in [6.45, 7) is 1.63. The fourth-order valence-corrected chi connectivity index (χ4v) is 1.74. The fourth-order valence-electron chi connectivity index (χ4n) is 1.74. The Morgan fingerprint density at radius 2 is 1.95 bits per heavy atom. The normalized spacial score (nSPS) is 9.95. The number of rotatable bonds is 6. The molecule has 116 valence electrons. The molecule has 22 heavy (non-hydrogen) atoms. The van der Waals surface area contributed by atoms with Crippen LogP contribution in [-0.4, -0.2) is 36.7 Å². The van der Waals surface area contributed by atoms with E-state index in [0.717, 1.165) is 5.69 Å². The Balaban J connectivity index is 1.94. The summed E-state index contributed by atoms with van der Waals surface area (Å²) in [5, 5.41) is 2.70. The third kappa shape index (κ3) is 4.08. The first-order valence-corrected chi connectivity index (χ1v) is 6.56. The van der Waals surface area contributed by atoms with Crippen molar-refractivity contribution >= 4 is 11.6 Å². The van der Waals surface area contributed by atoms with Gasteiger partial charge in [0.05, 0.1) is 14.2 Å². The second-order valence-corrected chi connectivity index (χ2v) is 4.39. The fraction of sp³-hybridized carbons (Fsp3) is 0.267. The average Bonchev–Trinajstić information content (AvgIpc) is 2.53. The maximum atomic E-state index is 11.9. The highest BCUT2D eigenvalue weighted by molar-refractivity contribution is 5.92. The van der Waals surface area contributed by atoms with Crippen molar-refractivity contribution in [2.45, 2.75) is 6.92 Å². The molecule has 1 amide bonds. The number of nitrogens with zero attached hydrogens (tertiary/aromatic N) is 2. The van der Waals surface area contributed by atoms with E-state index in [0.29, 0.717) is 17.2 Å². The van der Waals surface area contributed by atoms with Crippen LogP contribution in [0.3, 0.4) is 0 Å². The van der Waals surface area contributed by atoms with E-state index in [1.165, 1.54) is 7.11 Å². The second kappa shape index (κ2) is 7.26. The van der Waals surface area contributed by atoms with Gasteiger partial charge in [0.1, 0.15) is 0 Å². The summed E-state index contributed by atoms with van der Waals surface area (Å²) in [5.74, 6) is 0.797. The Hall–Kier alpha value is -2.83. The lowest BCUT2D eigenvalue weighted by Gasteiger charge is -2.10. The first-order valence-electron chi connectivity index (χ1n) is 6.56. The summed E-state index contributed by atoms with van der Waals surface area (Å²) in [6, 6.07) is 7.00. The van der Waals surface area contributed by atoms with Gasteiger partial charge in [-0.15, -0.1) is 0 Å². The van der Waals surface area contributed by atoms with Gasteiger partial charge in [0.25, 0.3) is 5.91 Å². The van der Waals surface area contributed by atoms with Crippen LogP contribution in [-0.2, 0) is 4.79 Å². The smallest absolute Gasteiger partial charge is 0.317 e. The van der Waals surface area contributed by atoms with Crippen LogP contribution in [0.2, 0.25) is 0 Å². The number of aromatic nitrogens is 2. The first kappa shape index (κ1) is 15.6. The van der Waals surface area contributed by atoms with Crippen LogP contribution in [0.4, 0.5) is 5.69 Å². The van der Waals surface area contributed by atoms with Gasteiger partial charge in [-0.05, 0) is 25.1 Å². The molecule has 2 aromatic rings. The van der Waals surface area contributed by atoms with E-state index in [4.69, 9.17) is 14.2 Å². The molecule has 1 aromatic carbocycles. The molecule has 0 saturated heterocycles. The molecule has 7 nitrogen and oxygen atoms in total. The Labute approximate surface area is 128 Å². The highest BCUT2D eigenvalue weighted by Gasteiger charge is 2.08. The quantitative estimate of drug-likeness (QED) is 0.876. The van der Waals surface area contributed by atoms with Gasteiger partial charge >= 0.3 is 6.01 Å². The topological polar surface area (TPSA) is 82.6 Å². The number of anilines is 1. The molecule has 7 heteroatoms. The van der Waals surface area contributed by atoms with Crippen LogP contribution in [0.1, 0.15) is 5.69 Å². The van der Waals surface area contributed by atoms with Gasteiger partial charge in [0.15, 0.2) is 18.1 Å². The molecule has 0 saturated carbocycles. The van der Waals surface area contributed by atoms with Crippen LogP contribution >= 0.6 is 0 Å². The van der Waals surface area contributed by atoms with E-state index in [-0.39, 0.29) is 18.5 Å². The number of carbonyl (C=O) groups is 1. The van der Waals surface area contributed by atoms with Crippen molar-refractivity contribution in [3.8, 4) is 17.5 Å². The SMILES string of the molecule is COc1ccc(NC(=O)COc2nccc(C)n2)cc1OC. The molecule has 0 atom stereocenters. The Morgan fingerprint density at radius 1 is 1.18 bits per heavy atom. The molecule has 2 rings (SSSR count). The summed E-state index contributed by atoms with van der Waals surface area (Å²) < 4.78 is 15.5. The van der Waals surface area contributed by atoms with Crippen LogP contribution in [0.5, 0.6) is 17.5 Å². The van der Waals surface area contributed by atoms with E-state index in [9.17, 15) is 4.79 Å². The summed E-state index contributed by atoms with van der Waals surface area (Å²) in [4.78, 5) is 19.8. The van der Waals surface area contributed by atoms with Crippen LogP contribution < -0.4 is 19.5 Å². The molecule has 0 radical (unpaired) electrons. The molecule has 0 bridgehead atoms. The zero-order valence-corrected chi connectivity index (χ0v) is 12.6. The van der Waals surface area contributed by atoms with Gasteiger partial charge in [-0.2, -0.15) is 0 Å². The van der Waals surface area contributed by atoms with Crippen molar-refractivity contribution in [2.75, 3.05) is 26.1 Å². The predicted octanol–water partition coefficient (Wildman–Crippen LogP) is 1.82. The van der Waals surface area contributed by atoms with E-state index in [2.05, 4.69) is 15.3 Å². The molecule has 0 aliphatic carbocycles. The van der Waals surface area contributed by atoms with Crippen LogP contribution in [0, 0.1) is 6.92 Å². The van der Waals surface area contributed by atoms with Gasteiger partial charge in [0.2, 0.25) is 0 Å². The first-order chi connectivity index (χ1) is 10.6. The molecular formula is C15H17N3O4. The number of carbonyl (C=O) groups excluding carboxylic acids is 1. The van der Waals surface area contributed by atoms with E-state index < -0.39 is 0 Å². The molecular weight excluding hydrogens is 286 g/mol.